The summed E-state index contributed by atoms with van der Waals surface area (Å²) in [7, 11) is 0. The van der Waals surface area contributed by atoms with E-state index in [-0.39, 0.29) is 24.7 Å². The summed E-state index contributed by atoms with van der Waals surface area (Å²) < 4.78 is 13.5. The number of anilines is 1. The maximum atomic E-state index is 13.5. The third-order valence-electron chi connectivity index (χ3n) is 3.86. The number of carbonyl (C=O) groups is 2. The Balaban J connectivity index is 1.43. The third-order valence-corrected chi connectivity index (χ3v) is 3.86. The van der Waals surface area contributed by atoms with Crippen LogP contribution in [0.1, 0.15) is 10.4 Å². The minimum atomic E-state index is -0.547. The molecule has 2 aromatic carbocycles. The summed E-state index contributed by atoms with van der Waals surface area (Å²) in [5, 5.41) is 7.66. The molecular formula is C20H18FN5O2. The average molecular weight is 379 g/mol. The van der Waals surface area contributed by atoms with E-state index in [0.29, 0.717) is 5.56 Å². The summed E-state index contributed by atoms with van der Waals surface area (Å²) >= 11 is 0. The molecule has 0 saturated carbocycles. The van der Waals surface area contributed by atoms with E-state index >= 15 is 0 Å². The molecule has 0 aliphatic rings. The van der Waals surface area contributed by atoms with Gasteiger partial charge < -0.3 is 16.0 Å². The predicted molar refractivity (Wildman–Crippen MR) is 103 cm³/mol. The standard InChI is InChI=1S/C20H18FN5O2/c21-17-3-1-2-4-18(17)26-20(28)25-10-9-24-19(27)15-7-5-14(6-8-15)16-11-22-13-23-12-16/h1-8,11-13H,9-10H2,(H,24,27)(H2,25,26,28). The van der Waals surface area contributed by atoms with Gasteiger partial charge >= 0.3 is 6.03 Å². The molecule has 0 unspecified atom stereocenters. The van der Waals surface area contributed by atoms with Crippen LogP contribution in [-0.2, 0) is 0 Å². The molecule has 1 heterocycles. The minimum Gasteiger partial charge on any atom is -0.350 e. The zero-order valence-corrected chi connectivity index (χ0v) is 14.9. The first-order valence-electron chi connectivity index (χ1n) is 8.56. The van der Waals surface area contributed by atoms with Gasteiger partial charge in [-0.2, -0.15) is 0 Å². The van der Waals surface area contributed by atoms with E-state index in [4.69, 9.17) is 0 Å². The van der Waals surface area contributed by atoms with Crippen molar-refractivity contribution >= 4 is 17.6 Å². The number of hydrogen-bond acceptors (Lipinski definition) is 4. The number of rotatable bonds is 6. The maximum absolute atomic E-state index is 13.5. The number of benzene rings is 2. The van der Waals surface area contributed by atoms with Crippen molar-refractivity contribution in [3.8, 4) is 11.1 Å². The number of hydrogen-bond donors (Lipinski definition) is 3. The van der Waals surface area contributed by atoms with E-state index in [9.17, 15) is 14.0 Å². The Kier molecular flexibility index (Phi) is 6.25. The number of aromatic nitrogens is 2. The number of para-hydroxylation sites is 1. The number of carbonyl (C=O) groups excluding carboxylic acids is 2. The van der Waals surface area contributed by atoms with Crippen LogP contribution >= 0.6 is 0 Å². The Morgan fingerprint density at radius 1 is 0.857 bits per heavy atom. The Hall–Kier alpha value is -3.81. The van der Waals surface area contributed by atoms with E-state index < -0.39 is 11.8 Å². The van der Waals surface area contributed by atoms with Crippen molar-refractivity contribution in [1.82, 2.24) is 20.6 Å². The molecule has 0 spiro atoms. The molecule has 0 atom stereocenters. The van der Waals surface area contributed by atoms with Gasteiger partial charge in [0, 0.05) is 36.6 Å². The van der Waals surface area contributed by atoms with Crippen molar-refractivity contribution in [3.63, 3.8) is 0 Å². The zero-order valence-electron chi connectivity index (χ0n) is 14.9. The largest absolute Gasteiger partial charge is 0.350 e. The molecule has 0 aliphatic carbocycles. The molecule has 0 saturated heterocycles. The Labute approximate surface area is 161 Å². The normalized spacial score (nSPS) is 10.2. The van der Waals surface area contributed by atoms with Gasteiger partial charge in [0.1, 0.15) is 12.1 Å². The van der Waals surface area contributed by atoms with Crippen LogP contribution in [0.25, 0.3) is 11.1 Å². The van der Waals surface area contributed by atoms with E-state index in [1.807, 2.05) is 12.1 Å². The summed E-state index contributed by atoms with van der Waals surface area (Å²) in [6.07, 6.45) is 4.84. The van der Waals surface area contributed by atoms with E-state index in [0.717, 1.165) is 11.1 Å². The van der Waals surface area contributed by atoms with Crippen molar-refractivity contribution < 1.29 is 14.0 Å². The van der Waals surface area contributed by atoms with Gasteiger partial charge in [-0.1, -0.05) is 24.3 Å². The lowest BCUT2D eigenvalue weighted by Crippen LogP contribution is -2.36. The summed E-state index contributed by atoms with van der Waals surface area (Å²) in [6, 6.07) is 12.4. The van der Waals surface area contributed by atoms with Gasteiger partial charge in [0.05, 0.1) is 5.69 Å². The summed E-state index contributed by atoms with van der Waals surface area (Å²) in [4.78, 5) is 31.8. The lowest BCUT2D eigenvalue weighted by molar-refractivity contribution is 0.0954. The smallest absolute Gasteiger partial charge is 0.319 e. The fourth-order valence-corrected chi connectivity index (χ4v) is 2.45. The van der Waals surface area contributed by atoms with Crippen LogP contribution < -0.4 is 16.0 Å². The summed E-state index contributed by atoms with van der Waals surface area (Å²) in [5.41, 5.74) is 2.35. The highest BCUT2D eigenvalue weighted by molar-refractivity contribution is 5.94. The topological polar surface area (TPSA) is 96.0 Å². The molecule has 0 radical (unpaired) electrons. The van der Waals surface area contributed by atoms with Crippen molar-refractivity contribution in [2.24, 2.45) is 0 Å². The van der Waals surface area contributed by atoms with Crippen molar-refractivity contribution in [1.29, 1.82) is 0 Å². The Bertz CT molecular complexity index is 948. The number of nitrogens with one attached hydrogen (secondary N) is 3. The van der Waals surface area contributed by atoms with Crippen LogP contribution in [0, 0.1) is 5.82 Å². The number of nitrogens with zero attached hydrogens (tertiary/aromatic N) is 2. The lowest BCUT2D eigenvalue weighted by Gasteiger charge is -2.09. The van der Waals surface area contributed by atoms with Crippen LogP contribution in [0.3, 0.4) is 0 Å². The highest BCUT2D eigenvalue weighted by Gasteiger charge is 2.07. The highest BCUT2D eigenvalue weighted by atomic mass is 19.1. The third kappa shape index (κ3) is 5.10. The molecule has 0 aliphatic heterocycles. The first kappa shape index (κ1) is 19.0. The molecule has 3 N–H and O–H groups in total. The van der Waals surface area contributed by atoms with Crippen LogP contribution in [0.15, 0.2) is 67.3 Å². The monoisotopic (exact) mass is 379 g/mol. The second kappa shape index (κ2) is 9.22. The van der Waals surface area contributed by atoms with Gasteiger partial charge in [-0.3, -0.25) is 4.79 Å². The van der Waals surface area contributed by atoms with Crippen molar-refractivity contribution in [3.05, 3.63) is 78.6 Å². The summed E-state index contributed by atoms with van der Waals surface area (Å²) in [6.45, 7) is 0.434. The van der Waals surface area contributed by atoms with Gasteiger partial charge in [-0.05, 0) is 29.8 Å². The van der Waals surface area contributed by atoms with Crippen LogP contribution in [0.5, 0.6) is 0 Å². The van der Waals surface area contributed by atoms with E-state index in [2.05, 4.69) is 25.9 Å². The molecule has 3 rings (SSSR count). The Morgan fingerprint density at radius 2 is 1.54 bits per heavy atom. The molecule has 8 heteroatoms. The molecule has 7 nitrogen and oxygen atoms in total. The van der Waals surface area contributed by atoms with Gasteiger partial charge in [-0.15, -0.1) is 0 Å². The SMILES string of the molecule is O=C(NCCNC(=O)c1ccc(-c2cncnc2)cc1)Nc1ccccc1F. The van der Waals surface area contributed by atoms with Crippen LogP contribution in [0.4, 0.5) is 14.9 Å². The number of amides is 3. The average Bonchev–Trinajstić information content (AvgIpc) is 2.73. The number of halogens is 1. The number of urea groups is 1. The maximum Gasteiger partial charge on any atom is 0.319 e. The molecule has 1 aromatic heterocycles. The van der Waals surface area contributed by atoms with Gasteiger partial charge in [0.25, 0.3) is 5.91 Å². The quantitative estimate of drug-likeness (QED) is 0.574. The van der Waals surface area contributed by atoms with E-state index in [1.54, 1.807) is 30.6 Å². The predicted octanol–water partition coefficient (Wildman–Crippen LogP) is 2.83. The fraction of sp³-hybridized carbons (Fsp3) is 0.100. The lowest BCUT2D eigenvalue weighted by atomic mass is 10.1. The zero-order chi connectivity index (χ0) is 19.8. The molecular weight excluding hydrogens is 361 g/mol. The molecule has 142 valence electrons. The first-order chi connectivity index (χ1) is 13.6. The van der Waals surface area contributed by atoms with Crippen LogP contribution in [-0.4, -0.2) is 35.0 Å². The molecule has 0 fully saturated rings. The minimum absolute atomic E-state index is 0.0907. The molecule has 3 amide bonds. The van der Waals surface area contributed by atoms with Crippen molar-refractivity contribution in [2.75, 3.05) is 18.4 Å². The molecule has 0 bridgehead atoms. The first-order valence-corrected chi connectivity index (χ1v) is 8.56. The van der Waals surface area contributed by atoms with Gasteiger partial charge in [0.2, 0.25) is 0 Å². The highest BCUT2D eigenvalue weighted by Crippen LogP contribution is 2.17. The molecule has 3 aromatic rings. The van der Waals surface area contributed by atoms with Crippen molar-refractivity contribution in [2.45, 2.75) is 0 Å². The van der Waals surface area contributed by atoms with E-state index in [1.165, 1.54) is 24.5 Å². The second-order valence-corrected chi connectivity index (χ2v) is 5.82. The van der Waals surface area contributed by atoms with Crippen LogP contribution in [0.2, 0.25) is 0 Å². The summed E-state index contributed by atoms with van der Waals surface area (Å²) in [5.74, 6) is -0.774. The molecule has 28 heavy (non-hydrogen) atoms. The fourth-order valence-electron chi connectivity index (χ4n) is 2.45. The van der Waals surface area contributed by atoms with Gasteiger partial charge in [-0.25, -0.2) is 19.2 Å². The Morgan fingerprint density at radius 3 is 2.25 bits per heavy atom. The second-order valence-electron chi connectivity index (χ2n) is 5.82. The van der Waals surface area contributed by atoms with Gasteiger partial charge in [0.15, 0.2) is 0 Å².